The van der Waals surface area contributed by atoms with Gasteiger partial charge in [0.05, 0.1) is 23.6 Å². The second-order valence-corrected chi connectivity index (χ2v) is 8.80. The summed E-state index contributed by atoms with van der Waals surface area (Å²) in [7, 11) is 1.56. The van der Waals surface area contributed by atoms with Gasteiger partial charge in [0, 0.05) is 18.1 Å². The van der Waals surface area contributed by atoms with Crippen molar-refractivity contribution in [1.29, 1.82) is 0 Å². The molecule has 0 aliphatic heterocycles. The van der Waals surface area contributed by atoms with Crippen LogP contribution in [0.15, 0.2) is 42.7 Å². The molecule has 170 valence electrons. The molecule has 3 aromatic heterocycles. The van der Waals surface area contributed by atoms with Crippen molar-refractivity contribution in [2.24, 2.45) is 5.92 Å². The maximum absolute atomic E-state index is 12.8. The molecule has 1 aliphatic carbocycles. The third-order valence-corrected chi connectivity index (χ3v) is 6.07. The molecule has 1 saturated carbocycles. The number of pyridine rings is 1. The lowest BCUT2D eigenvalue weighted by Crippen LogP contribution is -2.11. The molecule has 0 radical (unpaired) electrons. The summed E-state index contributed by atoms with van der Waals surface area (Å²) >= 11 is 1.30. The third-order valence-electron chi connectivity index (χ3n) is 5.15. The maximum Gasteiger partial charge on any atom is 0.267 e. The average Bonchev–Trinajstić information content (AvgIpc) is 3.30. The molecule has 0 bridgehead atoms. The van der Waals surface area contributed by atoms with E-state index in [-0.39, 0.29) is 5.91 Å². The number of carbonyl (C=O) groups excluding carboxylic acids is 2. The van der Waals surface area contributed by atoms with Crippen molar-refractivity contribution >= 4 is 51.2 Å². The molecule has 3 heterocycles. The van der Waals surface area contributed by atoms with Crippen LogP contribution in [0.1, 0.15) is 33.8 Å². The van der Waals surface area contributed by atoms with Gasteiger partial charge in [-0.2, -0.15) is 5.10 Å². The SMILES string of the molecule is CNC=O.Cc1ccc2[nH]ncc2c1NC(=O)c1cnc(Nc2cccc(CC3CC3)n2)s1. The Kier molecular flexibility index (Phi) is 6.94. The van der Waals surface area contributed by atoms with E-state index >= 15 is 0 Å². The summed E-state index contributed by atoms with van der Waals surface area (Å²) in [6.07, 6.45) is 7.56. The number of aryl methyl sites for hydroxylation is 1. The number of aromatic nitrogens is 4. The van der Waals surface area contributed by atoms with Crippen LogP contribution in [0.3, 0.4) is 0 Å². The van der Waals surface area contributed by atoms with Crippen molar-refractivity contribution in [3.05, 3.63) is 58.9 Å². The largest absolute Gasteiger partial charge is 0.362 e. The van der Waals surface area contributed by atoms with Gasteiger partial charge in [-0.25, -0.2) is 9.97 Å². The van der Waals surface area contributed by atoms with E-state index in [4.69, 9.17) is 4.79 Å². The number of fused-ring (bicyclic) bond motifs is 1. The van der Waals surface area contributed by atoms with Crippen LogP contribution in [0.5, 0.6) is 0 Å². The van der Waals surface area contributed by atoms with E-state index in [2.05, 4.69) is 42.2 Å². The van der Waals surface area contributed by atoms with Gasteiger partial charge in [-0.05, 0) is 55.9 Å². The molecule has 10 heteroatoms. The standard InChI is InChI=1S/C21H20N6OS.C2H5NO/c1-12-5-8-16-15(10-23-27-16)19(12)26-20(28)17-11-22-21(29-17)25-18-4-2-3-14(24-18)9-13-6-7-13;1-3-2-4/h2-5,8,10-11,13H,6-7,9H2,1H3,(H,23,27)(H,26,28)(H,22,24,25);2H,1H3,(H,3,4). The van der Waals surface area contributed by atoms with E-state index in [1.54, 1.807) is 19.4 Å². The van der Waals surface area contributed by atoms with Gasteiger partial charge in [-0.3, -0.25) is 14.7 Å². The number of H-pyrrole nitrogens is 1. The highest BCUT2D eigenvalue weighted by Crippen LogP contribution is 2.32. The van der Waals surface area contributed by atoms with Gasteiger partial charge in [0.1, 0.15) is 10.7 Å². The number of amides is 2. The highest BCUT2D eigenvalue weighted by Gasteiger charge is 2.22. The van der Waals surface area contributed by atoms with E-state index < -0.39 is 0 Å². The molecule has 0 saturated heterocycles. The van der Waals surface area contributed by atoms with Crippen LogP contribution in [-0.2, 0) is 11.2 Å². The number of aromatic amines is 1. The number of hydrogen-bond donors (Lipinski definition) is 4. The van der Waals surface area contributed by atoms with Gasteiger partial charge < -0.3 is 16.0 Å². The summed E-state index contributed by atoms with van der Waals surface area (Å²) in [5, 5.41) is 17.0. The monoisotopic (exact) mass is 463 g/mol. The summed E-state index contributed by atoms with van der Waals surface area (Å²) in [6, 6.07) is 9.88. The molecule has 0 atom stereocenters. The molecule has 5 rings (SSSR count). The number of nitrogens with one attached hydrogen (secondary N) is 4. The van der Waals surface area contributed by atoms with Crippen LogP contribution >= 0.6 is 11.3 Å². The maximum atomic E-state index is 12.8. The van der Waals surface area contributed by atoms with Gasteiger partial charge >= 0.3 is 0 Å². The van der Waals surface area contributed by atoms with Gasteiger partial charge in [0.2, 0.25) is 6.41 Å². The minimum atomic E-state index is -0.192. The molecule has 1 aromatic carbocycles. The van der Waals surface area contributed by atoms with E-state index in [9.17, 15) is 4.79 Å². The Morgan fingerprint density at radius 1 is 1.24 bits per heavy atom. The first-order chi connectivity index (χ1) is 16.1. The van der Waals surface area contributed by atoms with Gasteiger partial charge in [0.25, 0.3) is 5.91 Å². The highest BCUT2D eigenvalue weighted by atomic mass is 32.1. The predicted octanol–water partition coefficient (Wildman–Crippen LogP) is 4.03. The molecule has 1 aliphatic rings. The zero-order valence-corrected chi connectivity index (χ0v) is 19.2. The fourth-order valence-electron chi connectivity index (χ4n) is 3.29. The number of carbonyl (C=O) groups is 2. The first-order valence-corrected chi connectivity index (χ1v) is 11.4. The fraction of sp³-hybridized carbons (Fsp3) is 0.261. The first-order valence-electron chi connectivity index (χ1n) is 10.6. The van der Waals surface area contributed by atoms with E-state index in [0.717, 1.165) is 46.0 Å². The molecule has 9 nitrogen and oxygen atoms in total. The van der Waals surface area contributed by atoms with Crippen molar-refractivity contribution < 1.29 is 9.59 Å². The average molecular weight is 464 g/mol. The number of benzene rings is 1. The Balaban J connectivity index is 0.000000601. The number of hydrogen-bond acceptors (Lipinski definition) is 7. The lowest BCUT2D eigenvalue weighted by atomic mass is 10.1. The molecule has 33 heavy (non-hydrogen) atoms. The molecular formula is C23H25N7O2S. The predicted molar refractivity (Wildman–Crippen MR) is 130 cm³/mol. The second-order valence-electron chi connectivity index (χ2n) is 7.77. The smallest absolute Gasteiger partial charge is 0.267 e. The zero-order chi connectivity index (χ0) is 23.2. The van der Waals surface area contributed by atoms with E-state index in [1.165, 1.54) is 24.2 Å². The summed E-state index contributed by atoms with van der Waals surface area (Å²) in [6.45, 7) is 1.96. The molecule has 0 unspecified atom stereocenters. The van der Waals surface area contributed by atoms with Crippen molar-refractivity contribution in [2.45, 2.75) is 26.2 Å². The van der Waals surface area contributed by atoms with Crippen LogP contribution in [0.2, 0.25) is 0 Å². The van der Waals surface area contributed by atoms with Crippen LogP contribution in [-0.4, -0.2) is 39.5 Å². The first kappa shape index (κ1) is 22.4. The Morgan fingerprint density at radius 3 is 2.82 bits per heavy atom. The van der Waals surface area contributed by atoms with Crippen molar-refractivity contribution in [3.63, 3.8) is 0 Å². The fourth-order valence-corrected chi connectivity index (χ4v) is 4.01. The number of anilines is 3. The molecule has 1 fully saturated rings. The Morgan fingerprint density at radius 2 is 2.06 bits per heavy atom. The van der Waals surface area contributed by atoms with Crippen LogP contribution in [0.4, 0.5) is 16.6 Å². The van der Waals surface area contributed by atoms with Crippen molar-refractivity contribution in [1.82, 2.24) is 25.5 Å². The van der Waals surface area contributed by atoms with Crippen molar-refractivity contribution in [2.75, 3.05) is 17.7 Å². The van der Waals surface area contributed by atoms with Crippen molar-refractivity contribution in [3.8, 4) is 0 Å². The van der Waals surface area contributed by atoms with Gasteiger partial charge in [0.15, 0.2) is 5.13 Å². The minimum absolute atomic E-state index is 0.192. The van der Waals surface area contributed by atoms with Crippen LogP contribution in [0, 0.1) is 12.8 Å². The molecule has 4 aromatic rings. The Bertz CT molecular complexity index is 1260. The summed E-state index contributed by atoms with van der Waals surface area (Å²) in [5.41, 5.74) is 3.72. The van der Waals surface area contributed by atoms with Crippen LogP contribution in [0.25, 0.3) is 10.9 Å². The third kappa shape index (κ3) is 5.72. The number of rotatable bonds is 7. The van der Waals surface area contributed by atoms with Gasteiger partial charge in [-0.15, -0.1) is 0 Å². The quantitative estimate of drug-likeness (QED) is 0.307. The summed E-state index contributed by atoms with van der Waals surface area (Å²) < 4.78 is 0. The van der Waals surface area contributed by atoms with Crippen LogP contribution < -0.4 is 16.0 Å². The minimum Gasteiger partial charge on any atom is -0.362 e. The number of nitrogens with zero attached hydrogens (tertiary/aromatic N) is 3. The Hall–Kier alpha value is -3.79. The van der Waals surface area contributed by atoms with Gasteiger partial charge in [-0.1, -0.05) is 23.5 Å². The number of thiazole rings is 1. The summed E-state index contributed by atoms with van der Waals surface area (Å²) in [5.74, 6) is 1.35. The molecule has 0 spiro atoms. The topological polar surface area (TPSA) is 125 Å². The summed E-state index contributed by atoms with van der Waals surface area (Å²) in [4.78, 5) is 31.4. The molecule has 2 amide bonds. The molecular weight excluding hydrogens is 438 g/mol. The second kappa shape index (κ2) is 10.2. The zero-order valence-electron chi connectivity index (χ0n) is 18.4. The van der Waals surface area contributed by atoms with E-state index in [0.29, 0.717) is 16.4 Å². The molecule has 4 N–H and O–H groups in total. The lowest BCUT2D eigenvalue weighted by Gasteiger charge is -2.08. The highest BCUT2D eigenvalue weighted by molar-refractivity contribution is 7.17. The Labute approximate surface area is 195 Å². The van der Waals surface area contributed by atoms with E-state index in [1.807, 2.05) is 31.2 Å². The lowest BCUT2D eigenvalue weighted by molar-refractivity contribution is -0.109. The normalized spacial score (nSPS) is 12.5.